The minimum atomic E-state index is -0.556. The zero-order valence-corrected chi connectivity index (χ0v) is 18.6. The Balaban J connectivity index is 0.000000817. The fraction of sp³-hybridized carbons (Fsp3) is 0.182. The first-order chi connectivity index (χ1) is 13.2. The average Bonchev–Trinajstić information content (AvgIpc) is 2.70. The summed E-state index contributed by atoms with van der Waals surface area (Å²) in [5.41, 5.74) is 6.32. The first-order valence-electron chi connectivity index (χ1n) is 8.86. The molecule has 5 heteroatoms. The Morgan fingerprint density at radius 3 is 1.44 bits per heavy atom. The second-order valence-corrected chi connectivity index (χ2v) is 8.41. The van der Waals surface area contributed by atoms with Gasteiger partial charge < -0.3 is 10.6 Å². The van der Waals surface area contributed by atoms with Crippen molar-refractivity contribution in [1.82, 2.24) is 0 Å². The fourth-order valence-electron chi connectivity index (χ4n) is 2.62. The second kappa shape index (κ2) is 12.1. The minimum absolute atomic E-state index is 0.556. The van der Waals surface area contributed by atoms with Crippen molar-refractivity contribution in [1.29, 1.82) is 0 Å². The van der Waals surface area contributed by atoms with Gasteiger partial charge >= 0.3 is 35.6 Å². The van der Waals surface area contributed by atoms with Crippen LogP contribution in [-0.2, 0) is 29.9 Å². The van der Waals surface area contributed by atoms with Gasteiger partial charge in [0.2, 0.25) is 0 Å². The van der Waals surface area contributed by atoms with E-state index in [-0.39, 0.29) is 0 Å². The Hall–Kier alpha value is -1.45. The van der Waals surface area contributed by atoms with Gasteiger partial charge in [0.15, 0.2) is 0 Å². The molecule has 0 aliphatic carbocycles. The van der Waals surface area contributed by atoms with E-state index < -0.39 is 17.0 Å². The number of para-hydroxylation sites is 2. The molecule has 0 unspecified atom stereocenters. The van der Waals surface area contributed by atoms with Gasteiger partial charge in [0.1, 0.15) is 0 Å². The molecule has 0 heterocycles. The van der Waals surface area contributed by atoms with E-state index in [0.29, 0.717) is 0 Å². The van der Waals surface area contributed by atoms with Crippen molar-refractivity contribution >= 4 is 41.4 Å². The Bertz CT molecular complexity index is 771. The molecule has 0 N–H and O–H groups in total. The zero-order chi connectivity index (χ0) is 19.5. The van der Waals surface area contributed by atoms with Gasteiger partial charge in [-0.3, -0.25) is 0 Å². The Morgan fingerprint density at radius 2 is 1.07 bits per heavy atom. The molecule has 0 fully saturated rings. The van der Waals surface area contributed by atoms with Crippen LogP contribution in [0.4, 0.5) is 22.7 Å². The van der Waals surface area contributed by atoms with Crippen molar-refractivity contribution in [2.45, 2.75) is 26.7 Å². The van der Waals surface area contributed by atoms with Crippen molar-refractivity contribution in [2.75, 3.05) is 0 Å². The van der Waals surface area contributed by atoms with Crippen LogP contribution >= 0.6 is 18.6 Å². The van der Waals surface area contributed by atoms with Crippen molar-refractivity contribution in [3.8, 4) is 0 Å². The van der Waals surface area contributed by atoms with Gasteiger partial charge in [-0.1, -0.05) is 86.6 Å². The number of hydrogen-bond acceptors (Lipinski definition) is 0. The number of nitrogens with zero attached hydrogens (tertiary/aromatic N) is 2. The number of benzene rings is 3. The fourth-order valence-corrected chi connectivity index (χ4v) is 2.62. The van der Waals surface area contributed by atoms with E-state index in [4.69, 9.17) is 29.2 Å². The van der Waals surface area contributed by atoms with Gasteiger partial charge in [-0.25, -0.2) is 0 Å². The SMILES string of the molecule is CCc1cccc([N-]c2ccccc2[N-]c2cccc(CC)c2)c1.[Cl][Ti][Cl]. The molecule has 3 aromatic carbocycles. The summed E-state index contributed by atoms with van der Waals surface area (Å²) in [4.78, 5) is 0. The Morgan fingerprint density at radius 1 is 0.667 bits per heavy atom. The van der Waals surface area contributed by atoms with E-state index in [9.17, 15) is 0 Å². The van der Waals surface area contributed by atoms with Gasteiger partial charge in [0.05, 0.1) is 0 Å². The Labute approximate surface area is 179 Å². The van der Waals surface area contributed by atoms with E-state index >= 15 is 0 Å². The number of halogens is 2. The molecule has 0 aliphatic heterocycles. The number of rotatable bonds is 6. The van der Waals surface area contributed by atoms with Gasteiger partial charge in [0.25, 0.3) is 0 Å². The molecule has 0 spiro atoms. The van der Waals surface area contributed by atoms with E-state index in [1.54, 1.807) is 0 Å². The summed E-state index contributed by atoms with van der Waals surface area (Å²) < 4.78 is 0. The molecule has 0 saturated carbocycles. The van der Waals surface area contributed by atoms with Gasteiger partial charge in [0, 0.05) is 0 Å². The van der Waals surface area contributed by atoms with Gasteiger partial charge in [-0.05, 0) is 24.0 Å². The second-order valence-electron chi connectivity index (χ2n) is 5.83. The van der Waals surface area contributed by atoms with Crippen LogP contribution in [0.2, 0.25) is 0 Å². The summed E-state index contributed by atoms with van der Waals surface area (Å²) in [5.74, 6) is 0. The summed E-state index contributed by atoms with van der Waals surface area (Å²) in [6, 6.07) is 24.8. The molecule has 0 amide bonds. The van der Waals surface area contributed by atoms with Crippen molar-refractivity contribution < 1.29 is 17.0 Å². The maximum atomic E-state index is 4.89. The molecular weight excluding hydrogens is 411 g/mol. The van der Waals surface area contributed by atoms with Crippen LogP contribution in [-0.4, -0.2) is 0 Å². The van der Waals surface area contributed by atoms with Crippen LogP contribution in [0.3, 0.4) is 0 Å². The molecule has 0 atom stereocenters. The average molecular weight is 433 g/mol. The molecule has 0 aromatic heterocycles. The molecular formula is C22H22Cl2N2Ti-2. The third-order valence-corrected chi connectivity index (χ3v) is 4.02. The van der Waals surface area contributed by atoms with Crippen LogP contribution in [0.25, 0.3) is 10.6 Å². The summed E-state index contributed by atoms with van der Waals surface area (Å²) >= 11 is -0.556. The van der Waals surface area contributed by atoms with Gasteiger partial charge in [-0.2, -0.15) is 11.4 Å². The van der Waals surface area contributed by atoms with Crippen LogP contribution in [0.5, 0.6) is 0 Å². The predicted octanol–water partition coefficient (Wildman–Crippen LogP) is 8.86. The molecule has 140 valence electrons. The van der Waals surface area contributed by atoms with Crippen LogP contribution < -0.4 is 0 Å². The topological polar surface area (TPSA) is 28.2 Å². The van der Waals surface area contributed by atoms with Crippen LogP contribution in [0, 0.1) is 0 Å². The van der Waals surface area contributed by atoms with Crippen molar-refractivity contribution in [2.24, 2.45) is 0 Å². The number of aryl methyl sites for hydroxylation is 2. The third-order valence-electron chi connectivity index (χ3n) is 4.02. The van der Waals surface area contributed by atoms with Gasteiger partial charge in [-0.15, -0.1) is 11.4 Å². The maximum absolute atomic E-state index is 4.89. The summed E-state index contributed by atoms with van der Waals surface area (Å²) in [6.45, 7) is 4.31. The third kappa shape index (κ3) is 7.23. The quantitative estimate of drug-likeness (QED) is 0.348. The molecule has 0 radical (unpaired) electrons. The molecule has 3 aromatic rings. The normalized spacial score (nSPS) is 9.78. The van der Waals surface area contributed by atoms with E-state index in [1.807, 2.05) is 36.4 Å². The zero-order valence-electron chi connectivity index (χ0n) is 15.5. The molecule has 27 heavy (non-hydrogen) atoms. The van der Waals surface area contributed by atoms with E-state index in [0.717, 1.165) is 35.6 Å². The molecule has 3 rings (SSSR count). The van der Waals surface area contributed by atoms with Crippen molar-refractivity contribution in [3.63, 3.8) is 0 Å². The van der Waals surface area contributed by atoms with Crippen LogP contribution in [0.1, 0.15) is 25.0 Å². The first kappa shape index (κ1) is 21.8. The summed E-state index contributed by atoms with van der Waals surface area (Å²) in [6.07, 6.45) is 2.03. The summed E-state index contributed by atoms with van der Waals surface area (Å²) in [7, 11) is 9.78. The molecule has 0 bridgehead atoms. The monoisotopic (exact) mass is 432 g/mol. The molecule has 0 aliphatic rings. The van der Waals surface area contributed by atoms with E-state index in [2.05, 4.69) is 50.2 Å². The first-order valence-corrected chi connectivity index (χ1v) is 13.2. The van der Waals surface area contributed by atoms with Crippen molar-refractivity contribution in [3.05, 3.63) is 94.6 Å². The molecule has 0 saturated heterocycles. The standard InChI is InChI=1S/C22H22N2.2ClH.Ti/c1-3-17-9-7-11-19(15-17)23-21-13-5-6-14-22(21)24-20-12-8-10-18(4-2)16-20;;;/h5-16H,3-4H2,1-2H3;2*1H;/q-2;;;+2/p-2. The summed E-state index contributed by atoms with van der Waals surface area (Å²) in [5, 5.41) is 9.59. The van der Waals surface area contributed by atoms with E-state index in [1.165, 1.54) is 11.1 Å². The number of hydrogen-bond donors (Lipinski definition) is 0. The molecule has 2 nitrogen and oxygen atoms in total. The van der Waals surface area contributed by atoms with Crippen LogP contribution in [0.15, 0.2) is 72.8 Å². The Kier molecular flexibility index (Phi) is 9.79. The predicted molar refractivity (Wildman–Crippen MR) is 115 cm³/mol.